The number of aromatic nitrogens is 1. The van der Waals surface area contributed by atoms with Crippen molar-refractivity contribution in [3.05, 3.63) is 59.8 Å². The van der Waals surface area contributed by atoms with Crippen molar-refractivity contribution in [1.82, 2.24) is 9.88 Å². The second kappa shape index (κ2) is 6.87. The number of rotatable bonds is 4. The van der Waals surface area contributed by atoms with Crippen molar-refractivity contribution in [2.45, 2.75) is 19.8 Å². The smallest absolute Gasteiger partial charge is 0.254 e. The van der Waals surface area contributed by atoms with Crippen LogP contribution in [0.15, 0.2) is 48.7 Å². The lowest BCUT2D eigenvalue weighted by Gasteiger charge is -2.39. The number of nitrogens with zero attached hydrogens (tertiary/aromatic N) is 3. The predicted octanol–water partition coefficient (Wildman–Crippen LogP) is 3.24. The topological polar surface area (TPSA) is 36.4 Å². The molecular weight excluding hydrogens is 310 g/mol. The first-order valence-corrected chi connectivity index (χ1v) is 9.23. The van der Waals surface area contributed by atoms with E-state index in [-0.39, 0.29) is 5.91 Å². The molecule has 2 aliphatic rings. The van der Waals surface area contributed by atoms with E-state index in [0.29, 0.717) is 11.8 Å². The Balaban J connectivity index is 1.36. The van der Waals surface area contributed by atoms with E-state index in [1.54, 1.807) is 6.20 Å². The molecule has 1 aromatic carbocycles. The molecule has 0 bridgehead atoms. The molecule has 0 spiro atoms. The highest BCUT2D eigenvalue weighted by atomic mass is 16.2. The first-order valence-electron chi connectivity index (χ1n) is 9.23. The van der Waals surface area contributed by atoms with Crippen LogP contribution in [0.1, 0.15) is 29.3 Å². The van der Waals surface area contributed by atoms with E-state index in [2.05, 4.69) is 41.1 Å². The number of carbonyl (C=O) groups is 1. The number of carbonyl (C=O) groups excluding carboxylic acids is 1. The van der Waals surface area contributed by atoms with Crippen LogP contribution in [-0.2, 0) is 6.42 Å². The van der Waals surface area contributed by atoms with Gasteiger partial charge in [0.1, 0.15) is 5.82 Å². The predicted molar refractivity (Wildman–Crippen MR) is 99.8 cm³/mol. The van der Waals surface area contributed by atoms with Gasteiger partial charge in [-0.25, -0.2) is 4.98 Å². The summed E-state index contributed by atoms with van der Waals surface area (Å²) >= 11 is 0. The summed E-state index contributed by atoms with van der Waals surface area (Å²) in [4.78, 5) is 21.4. The van der Waals surface area contributed by atoms with Crippen molar-refractivity contribution in [3.8, 4) is 0 Å². The van der Waals surface area contributed by atoms with Crippen LogP contribution in [0, 0.1) is 11.8 Å². The lowest BCUT2D eigenvalue weighted by molar-refractivity contribution is 0.0501. The van der Waals surface area contributed by atoms with Gasteiger partial charge in [-0.3, -0.25) is 4.79 Å². The van der Waals surface area contributed by atoms with Crippen molar-refractivity contribution in [2.24, 2.45) is 11.8 Å². The van der Waals surface area contributed by atoms with Crippen molar-refractivity contribution in [1.29, 1.82) is 0 Å². The molecule has 2 fully saturated rings. The quantitative estimate of drug-likeness (QED) is 0.861. The maximum Gasteiger partial charge on any atom is 0.254 e. The van der Waals surface area contributed by atoms with Gasteiger partial charge in [-0.1, -0.05) is 37.3 Å². The van der Waals surface area contributed by atoms with Crippen molar-refractivity contribution >= 4 is 11.7 Å². The molecule has 0 radical (unpaired) electrons. The Kier molecular flexibility index (Phi) is 4.43. The van der Waals surface area contributed by atoms with Crippen LogP contribution in [0.4, 0.5) is 5.82 Å². The van der Waals surface area contributed by atoms with Crippen molar-refractivity contribution < 1.29 is 4.79 Å². The molecule has 25 heavy (non-hydrogen) atoms. The summed E-state index contributed by atoms with van der Waals surface area (Å²) in [5.41, 5.74) is 2.12. The minimum Gasteiger partial charge on any atom is -0.356 e. The van der Waals surface area contributed by atoms with Crippen LogP contribution in [-0.4, -0.2) is 42.0 Å². The highest BCUT2D eigenvalue weighted by Gasteiger charge is 2.31. The highest BCUT2D eigenvalue weighted by Crippen LogP contribution is 2.25. The van der Waals surface area contributed by atoms with Gasteiger partial charge in [0.25, 0.3) is 5.91 Å². The third kappa shape index (κ3) is 3.53. The molecule has 4 rings (SSSR count). The van der Waals surface area contributed by atoms with Gasteiger partial charge in [0.05, 0.1) is 0 Å². The molecule has 130 valence electrons. The number of pyridine rings is 1. The van der Waals surface area contributed by atoms with Crippen LogP contribution in [0.5, 0.6) is 0 Å². The molecule has 2 saturated heterocycles. The summed E-state index contributed by atoms with van der Waals surface area (Å²) < 4.78 is 0. The Morgan fingerprint density at radius 3 is 2.68 bits per heavy atom. The number of hydrogen-bond acceptors (Lipinski definition) is 3. The molecule has 0 N–H and O–H groups in total. The summed E-state index contributed by atoms with van der Waals surface area (Å²) in [6.07, 6.45) is 4.03. The zero-order valence-corrected chi connectivity index (χ0v) is 14.8. The van der Waals surface area contributed by atoms with E-state index in [1.165, 1.54) is 12.0 Å². The lowest BCUT2D eigenvalue weighted by atomic mass is 9.91. The second-order valence-corrected chi connectivity index (χ2v) is 7.51. The standard InChI is InChI=1S/C21H25N3O/c1-16-8-10-23(13-16)20-12-19(7-9-22-20)21(25)24-14-18(15-24)11-17-5-3-2-4-6-17/h2-7,9,12,16,18H,8,10-11,13-15H2,1H3. The van der Waals surface area contributed by atoms with Gasteiger partial charge < -0.3 is 9.80 Å². The Morgan fingerprint density at radius 2 is 1.96 bits per heavy atom. The summed E-state index contributed by atoms with van der Waals surface area (Å²) in [7, 11) is 0. The molecule has 1 aromatic heterocycles. The lowest BCUT2D eigenvalue weighted by Crippen LogP contribution is -2.50. The SMILES string of the molecule is CC1CCN(c2cc(C(=O)N3CC(Cc4ccccc4)C3)ccn2)C1. The number of anilines is 1. The van der Waals surface area contributed by atoms with Gasteiger partial charge in [0.2, 0.25) is 0 Å². The molecule has 4 heteroatoms. The van der Waals surface area contributed by atoms with Gasteiger partial charge in [-0.2, -0.15) is 0 Å². The van der Waals surface area contributed by atoms with Crippen LogP contribution < -0.4 is 4.90 Å². The molecule has 1 amide bonds. The Bertz CT molecular complexity index is 740. The number of hydrogen-bond donors (Lipinski definition) is 0. The highest BCUT2D eigenvalue weighted by molar-refractivity contribution is 5.95. The van der Waals surface area contributed by atoms with E-state index in [1.807, 2.05) is 23.1 Å². The Hall–Kier alpha value is -2.36. The average molecular weight is 335 g/mol. The third-order valence-corrected chi connectivity index (χ3v) is 5.35. The molecule has 2 aliphatic heterocycles. The van der Waals surface area contributed by atoms with Crippen LogP contribution in [0.2, 0.25) is 0 Å². The maximum atomic E-state index is 12.7. The van der Waals surface area contributed by atoms with Crippen LogP contribution >= 0.6 is 0 Å². The molecule has 1 unspecified atom stereocenters. The van der Waals surface area contributed by atoms with Crippen LogP contribution in [0.3, 0.4) is 0 Å². The Morgan fingerprint density at radius 1 is 1.16 bits per heavy atom. The third-order valence-electron chi connectivity index (χ3n) is 5.35. The molecule has 2 aromatic rings. The van der Waals surface area contributed by atoms with Gasteiger partial charge in [0, 0.05) is 37.9 Å². The van der Waals surface area contributed by atoms with E-state index < -0.39 is 0 Å². The fraction of sp³-hybridized carbons (Fsp3) is 0.429. The maximum absolute atomic E-state index is 12.7. The molecule has 1 atom stereocenters. The molecular formula is C21H25N3O. The van der Waals surface area contributed by atoms with Crippen LogP contribution in [0.25, 0.3) is 0 Å². The zero-order valence-electron chi connectivity index (χ0n) is 14.8. The normalized spacial score (nSPS) is 20.6. The molecule has 0 saturated carbocycles. The van der Waals surface area contributed by atoms with Gasteiger partial charge in [0.15, 0.2) is 0 Å². The van der Waals surface area contributed by atoms with Crippen molar-refractivity contribution in [3.63, 3.8) is 0 Å². The number of likely N-dealkylation sites (tertiary alicyclic amines) is 1. The minimum absolute atomic E-state index is 0.139. The molecule has 0 aliphatic carbocycles. The first-order chi connectivity index (χ1) is 12.2. The van der Waals surface area contributed by atoms with Gasteiger partial charge in [-0.05, 0) is 42.4 Å². The van der Waals surface area contributed by atoms with E-state index in [4.69, 9.17) is 0 Å². The summed E-state index contributed by atoms with van der Waals surface area (Å²) in [5, 5.41) is 0. The monoisotopic (exact) mass is 335 g/mol. The van der Waals surface area contributed by atoms with Crippen molar-refractivity contribution in [2.75, 3.05) is 31.1 Å². The summed E-state index contributed by atoms with van der Waals surface area (Å²) in [5.74, 6) is 2.36. The molecule has 4 nitrogen and oxygen atoms in total. The first kappa shape index (κ1) is 16.1. The fourth-order valence-corrected chi connectivity index (χ4v) is 3.86. The average Bonchev–Trinajstić information content (AvgIpc) is 3.05. The zero-order chi connectivity index (χ0) is 17.2. The number of benzene rings is 1. The minimum atomic E-state index is 0.139. The molecule has 3 heterocycles. The summed E-state index contributed by atoms with van der Waals surface area (Å²) in [6.45, 7) is 6.04. The second-order valence-electron chi connectivity index (χ2n) is 7.51. The Labute approximate surface area is 149 Å². The number of amides is 1. The van der Waals surface area contributed by atoms with Gasteiger partial charge in [-0.15, -0.1) is 0 Å². The van der Waals surface area contributed by atoms with E-state index in [0.717, 1.165) is 44.0 Å². The van der Waals surface area contributed by atoms with Gasteiger partial charge >= 0.3 is 0 Å². The summed E-state index contributed by atoms with van der Waals surface area (Å²) in [6, 6.07) is 14.3. The van der Waals surface area contributed by atoms with E-state index >= 15 is 0 Å². The van der Waals surface area contributed by atoms with E-state index in [9.17, 15) is 4.79 Å². The largest absolute Gasteiger partial charge is 0.356 e. The fourth-order valence-electron chi connectivity index (χ4n) is 3.86.